The smallest absolute Gasteiger partial charge is 0.0693 e. The summed E-state index contributed by atoms with van der Waals surface area (Å²) in [6.45, 7) is 9.89. The van der Waals surface area contributed by atoms with E-state index in [2.05, 4.69) is 24.8 Å². The third-order valence-corrected chi connectivity index (χ3v) is 2.64. The van der Waals surface area contributed by atoms with Gasteiger partial charge in [-0.05, 0) is 26.3 Å². The molecule has 1 aromatic rings. The zero-order chi connectivity index (χ0) is 11.5. The minimum absolute atomic E-state index is 0.101. The predicted molar refractivity (Wildman–Crippen MR) is 63.4 cm³/mol. The van der Waals surface area contributed by atoms with E-state index in [4.69, 9.17) is 0 Å². The summed E-state index contributed by atoms with van der Waals surface area (Å²) in [6.07, 6.45) is 0. The molecule has 0 fully saturated rings. The molecule has 0 aromatic heterocycles. The Labute approximate surface area is 92.1 Å². The minimum Gasteiger partial charge on any atom is -0.198 e. The Balaban J connectivity index is 3.17. The van der Waals surface area contributed by atoms with Crippen LogP contribution in [0, 0.1) is 16.7 Å². The first-order valence-electron chi connectivity index (χ1n) is 5.10. The minimum atomic E-state index is -0.410. The van der Waals surface area contributed by atoms with E-state index in [1.54, 1.807) is 0 Å². The predicted octanol–water partition coefficient (Wildman–Crippen LogP) is 3.90. The lowest BCUT2D eigenvalue weighted by atomic mass is 9.73. The monoisotopic (exact) mass is 199 g/mol. The SMILES string of the molecule is C=C(C)C(c1ccccc1)C(C)(C)C#N. The van der Waals surface area contributed by atoms with Crippen molar-refractivity contribution in [1.29, 1.82) is 5.26 Å². The van der Waals surface area contributed by atoms with E-state index < -0.39 is 5.41 Å². The Morgan fingerprint density at radius 3 is 2.27 bits per heavy atom. The lowest BCUT2D eigenvalue weighted by Gasteiger charge is -2.28. The van der Waals surface area contributed by atoms with Gasteiger partial charge < -0.3 is 0 Å². The Bertz CT molecular complexity index is 382. The van der Waals surface area contributed by atoms with Crippen molar-refractivity contribution < 1.29 is 0 Å². The average molecular weight is 199 g/mol. The second-order valence-electron chi connectivity index (χ2n) is 4.52. The molecular weight excluding hydrogens is 182 g/mol. The molecule has 0 N–H and O–H groups in total. The first-order chi connectivity index (χ1) is 6.99. The van der Waals surface area contributed by atoms with Gasteiger partial charge in [0.05, 0.1) is 11.5 Å². The number of allylic oxidation sites excluding steroid dienone is 1. The fourth-order valence-corrected chi connectivity index (χ4v) is 2.03. The average Bonchev–Trinajstić information content (AvgIpc) is 2.18. The largest absolute Gasteiger partial charge is 0.198 e. The fraction of sp³-hybridized carbons (Fsp3) is 0.357. The summed E-state index contributed by atoms with van der Waals surface area (Å²) in [5.41, 5.74) is 1.79. The topological polar surface area (TPSA) is 23.8 Å². The van der Waals surface area contributed by atoms with Crippen LogP contribution in [0.2, 0.25) is 0 Å². The van der Waals surface area contributed by atoms with Crippen molar-refractivity contribution in [2.75, 3.05) is 0 Å². The van der Waals surface area contributed by atoms with Gasteiger partial charge in [0.25, 0.3) is 0 Å². The lowest BCUT2D eigenvalue weighted by molar-refractivity contribution is 0.426. The van der Waals surface area contributed by atoms with Gasteiger partial charge in [0.1, 0.15) is 0 Å². The summed E-state index contributed by atoms with van der Waals surface area (Å²) in [5.74, 6) is 0.101. The highest BCUT2D eigenvalue weighted by atomic mass is 14.4. The van der Waals surface area contributed by atoms with Crippen LogP contribution in [0.3, 0.4) is 0 Å². The Morgan fingerprint density at radius 1 is 1.33 bits per heavy atom. The number of benzene rings is 1. The van der Waals surface area contributed by atoms with E-state index >= 15 is 0 Å². The third kappa shape index (κ3) is 2.47. The van der Waals surface area contributed by atoms with Crippen molar-refractivity contribution in [2.45, 2.75) is 26.7 Å². The fourth-order valence-electron chi connectivity index (χ4n) is 2.03. The molecule has 78 valence electrons. The van der Waals surface area contributed by atoms with Crippen molar-refractivity contribution in [3.8, 4) is 6.07 Å². The first kappa shape index (κ1) is 11.5. The van der Waals surface area contributed by atoms with E-state index in [9.17, 15) is 5.26 Å². The highest BCUT2D eigenvalue weighted by Gasteiger charge is 2.31. The summed E-state index contributed by atoms with van der Waals surface area (Å²) in [6, 6.07) is 12.5. The van der Waals surface area contributed by atoms with Gasteiger partial charge >= 0.3 is 0 Å². The van der Waals surface area contributed by atoms with Gasteiger partial charge in [0.2, 0.25) is 0 Å². The molecule has 0 aliphatic rings. The van der Waals surface area contributed by atoms with Gasteiger partial charge in [0.15, 0.2) is 0 Å². The lowest BCUT2D eigenvalue weighted by Crippen LogP contribution is -2.21. The van der Waals surface area contributed by atoms with Crippen molar-refractivity contribution in [1.82, 2.24) is 0 Å². The summed E-state index contributed by atoms with van der Waals surface area (Å²) in [4.78, 5) is 0. The molecular formula is C14H17N. The van der Waals surface area contributed by atoms with Gasteiger partial charge in [-0.25, -0.2) is 0 Å². The molecule has 0 aliphatic heterocycles. The number of rotatable bonds is 3. The molecule has 0 heterocycles. The summed E-state index contributed by atoms with van der Waals surface area (Å²) < 4.78 is 0. The molecule has 1 rings (SSSR count). The van der Waals surface area contributed by atoms with E-state index in [1.165, 1.54) is 0 Å². The van der Waals surface area contributed by atoms with Crippen molar-refractivity contribution in [3.05, 3.63) is 48.0 Å². The van der Waals surface area contributed by atoms with E-state index in [0.29, 0.717) is 0 Å². The molecule has 1 heteroatoms. The molecule has 1 atom stereocenters. The molecule has 1 aromatic carbocycles. The second kappa shape index (κ2) is 4.31. The number of nitriles is 1. The summed E-state index contributed by atoms with van der Waals surface area (Å²) in [5, 5.41) is 9.18. The molecule has 1 nitrogen and oxygen atoms in total. The maximum atomic E-state index is 9.18. The molecule has 0 saturated heterocycles. The van der Waals surface area contributed by atoms with Crippen LogP contribution in [0.5, 0.6) is 0 Å². The van der Waals surface area contributed by atoms with Gasteiger partial charge in [-0.3, -0.25) is 0 Å². The van der Waals surface area contributed by atoms with Crippen LogP contribution in [0.1, 0.15) is 32.3 Å². The molecule has 0 aliphatic carbocycles. The van der Waals surface area contributed by atoms with E-state index in [-0.39, 0.29) is 5.92 Å². The van der Waals surface area contributed by atoms with Gasteiger partial charge in [-0.2, -0.15) is 5.26 Å². The highest BCUT2D eigenvalue weighted by Crippen LogP contribution is 2.39. The maximum Gasteiger partial charge on any atom is 0.0693 e. The van der Waals surface area contributed by atoms with Crippen molar-refractivity contribution >= 4 is 0 Å². The maximum absolute atomic E-state index is 9.18. The van der Waals surface area contributed by atoms with E-state index in [0.717, 1.165) is 11.1 Å². The number of nitrogens with zero attached hydrogens (tertiary/aromatic N) is 1. The molecule has 0 radical (unpaired) electrons. The van der Waals surface area contributed by atoms with Crippen molar-refractivity contribution in [2.24, 2.45) is 5.41 Å². The normalized spacial score (nSPS) is 12.9. The molecule has 0 saturated carbocycles. The first-order valence-corrected chi connectivity index (χ1v) is 5.10. The number of hydrogen-bond acceptors (Lipinski definition) is 1. The Kier molecular flexibility index (Phi) is 3.31. The van der Waals surface area contributed by atoms with Gasteiger partial charge in [-0.15, -0.1) is 0 Å². The zero-order valence-corrected chi connectivity index (χ0v) is 9.62. The summed E-state index contributed by atoms with van der Waals surface area (Å²) in [7, 11) is 0. The number of hydrogen-bond donors (Lipinski definition) is 0. The second-order valence-corrected chi connectivity index (χ2v) is 4.52. The van der Waals surface area contributed by atoms with Crippen LogP contribution in [0.15, 0.2) is 42.5 Å². The van der Waals surface area contributed by atoms with Gasteiger partial charge in [0, 0.05) is 5.92 Å². The van der Waals surface area contributed by atoms with Crippen LogP contribution in [0.4, 0.5) is 0 Å². The third-order valence-electron chi connectivity index (χ3n) is 2.64. The molecule has 1 unspecified atom stereocenters. The Morgan fingerprint density at radius 2 is 1.87 bits per heavy atom. The van der Waals surface area contributed by atoms with Crippen LogP contribution < -0.4 is 0 Å². The highest BCUT2D eigenvalue weighted by molar-refractivity contribution is 5.32. The van der Waals surface area contributed by atoms with Crippen molar-refractivity contribution in [3.63, 3.8) is 0 Å². The van der Waals surface area contributed by atoms with Crippen LogP contribution >= 0.6 is 0 Å². The van der Waals surface area contributed by atoms with Crippen LogP contribution in [-0.4, -0.2) is 0 Å². The van der Waals surface area contributed by atoms with Crippen LogP contribution in [0.25, 0.3) is 0 Å². The zero-order valence-electron chi connectivity index (χ0n) is 9.62. The molecule has 0 amide bonds. The van der Waals surface area contributed by atoms with Gasteiger partial charge in [-0.1, -0.05) is 42.5 Å². The molecule has 15 heavy (non-hydrogen) atoms. The quantitative estimate of drug-likeness (QED) is 0.677. The molecule has 0 spiro atoms. The van der Waals surface area contributed by atoms with E-state index in [1.807, 2.05) is 39.0 Å². The molecule has 0 bridgehead atoms. The summed E-state index contributed by atoms with van der Waals surface area (Å²) >= 11 is 0. The standard InChI is InChI=1S/C14H17N/c1-11(2)13(14(3,4)10-15)12-8-6-5-7-9-12/h5-9,13H,1H2,2-4H3. The van der Waals surface area contributed by atoms with Crippen LogP contribution in [-0.2, 0) is 0 Å². The Hall–Kier alpha value is -1.55.